The molecule has 0 saturated heterocycles. The number of benzene rings is 1. The molecule has 0 aliphatic heterocycles. The Labute approximate surface area is 85.9 Å². The predicted octanol–water partition coefficient (Wildman–Crippen LogP) is 3.01. The average Bonchev–Trinajstić information content (AvgIpc) is 2.03. The third-order valence-corrected chi connectivity index (χ3v) is 2.10. The Morgan fingerprint density at radius 1 is 1.17 bits per heavy atom. The normalized spacial score (nSPS) is 11.7. The molecule has 66 valence electrons. The van der Waals surface area contributed by atoms with Gasteiger partial charge in [0.2, 0.25) is 3.79 Å². The minimum absolute atomic E-state index is 0.121. The number of hydrogen-bond donors (Lipinski definition) is 1. The molecule has 0 heterocycles. The molecule has 0 radical (unpaired) electrons. The van der Waals surface area contributed by atoms with Crippen LogP contribution < -0.4 is 0 Å². The van der Waals surface area contributed by atoms with Gasteiger partial charge in [0.15, 0.2) is 0 Å². The van der Waals surface area contributed by atoms with Crippen LogP contribution in [0.4, 0.5) is 0 Å². The predicted molar refractivity (Wildman–Crippen MR) is 51.6 cm³/mol. The molecule has 1 aromatic carbocycles. The summed E-state index contributed by atoms with van der Waals surface area (Å²) in [4.78, 5) is 0. The van der Waals surface area contributed by atoms with E-state index in [2.05, 4.69) is 0 Å². The van der Waals surface area contributed by atoms with Crippen molar-refractivity contribution in [2.75, 3.05) is 0 Å². The molecule has 0 spiro atoms. The number of alkyl halides is 3. The first-order chi connectivity index (χ1) is 5.55. The molecule has 0 aliphatic rings. The molecule has 0 amide bonds. The molecule has 1 rings (SSSR count). The lowest BCUT2D eigenvalue weighted by molar-refractivity contribution is 0.280. The van der Waals surface area contributed by atoms with Crippen LogP contribution in [0.1, 0.15) is 11.1 Å². The average molecular weight is 226 g/mol. The van der Waals surface area contributed by atoms with Gasteiger partial charge in [-0.25, -0.2) is 0 Å². The second kappa shape index (κ2) is 3.84. The summed E-state index contributed by atoms with van der Waals surface area (Å²) in [6.45, 7) is -0.121. The molecule has 12 heavy (non-hydrogen) atoms. The first-order valence-corrected chi connectivity index (χ1v) is 4.45. The Morgan fingerprint density at radius 2 is 1.75 bits per heavy atom. The first kappa shape index (κ1) is 10.1. The van der Waals surface area contributed by atoms with Crippen LogP contribution >= 0.6 is 34.8 Å². The summed E-state index contributed by atoms with van der Waals surface area (Å²) in [7, 11) is 0. The molecule has 0 fully saturated rings. The van der Waals surface area contributed by atoms with E-state index in [4.69, 9.17) is 39.9 Å². The van der Waals surface area contributed by atoms with Crippen LogP contribution in [0.25, 0.3) is 0 Å². The van der Waals surface area contributed by atoms with E-state index in [0.29, 0.717) is 11.1 Å². The molecule has 1 aromatic rings. The Balaban J connectivity index is 3.14. The van der Waals surface area contributed by atoms with Gasteiger partial charge >= 0.3 is 0 Å². The molecule has 0 saturated carbocycles. The maximum absolute atomic E-state index is 8.91. The third kappa shape index (κ3) is 2.27. The van der Waals surface area contributed by atoms with Gasteiger partial charge in [-0.15, -0.1) is 0 Å². The summed E-state index contributed by atoms with van der Waals surface area (Å²) < 4.78 is -1.46. The molecule has 4 heteroatoms. The zero-order valence-corrected chi connectivity index (χ0v) is 8.37. The van der Waals surface area contributed by atoms with Crippen LogP contribution in [0.3, 0.4) is 0 Å². The SMILES string of the molecule is OCc1ccccc1C(Cl)(Cl)Cl. The summed E-state index contributed by atoms with van der Waals surface area (Å²) in [5.74, 6) is 0. The quantitative estimate of drug-likeness (QED) is 0.729. The maximum atomic E-state index is 8.91. The van der Waals surface area contributed by atoms with Gasteiger partial charge < -0.3 is 5.11 Å². The zero-order chi connectivity index (χ0) is 9.19. The van der Waals surface area contributed by atoms with Crippen molar-refractivity contribution in [2.24, 2.45) is 0 Å². The van der Waals surface area contributed by atoms with Gasteiger partial charge in [0, 0.05) is 5.56 Å². The van der Waals surface area contributed by atoms with Crippen LogP contribution in [-0.4, -0.2) is 5.11 Å². The molecule has 0 bridgehead atoms. The summed E-state index contributed by atoms with van der Waals surface area (Å²) in [5.41, 5.74) is 1.16. The van der Waals surface area contributed by atoms with Crippen LogP contribution in [0.5, 0.6) is 0 Å². The molecule has 0 atom stereocenters. The third-order valence-electron chi connectivity index (χ3n) is 1.49. The second-order valence-electron chi connectivity index (χ2n) is 2.31. The molecular formula is C8H7Cl3O. The topological polar surface area (TPSA) is 20.2 Å². The highest BCUT2D eigenvalue weighted by Gasteiger charge is 2.24. The van der Waals surface area contributed by atoms with Crippen LogP contribution in [0.15, 0.2) is 24.3 Å². The fourth-order valence-corrected chi connectivity index (χ4v) is 1.49. The van der Waals surface area contributed by atoms with E-state index in [1.807, 2.05) is 0 Å². The highest BCUT2D eigenvalue weighted by atomic mass is 35.6. The van der Waals surface area contributed by atoms with Crippen LogP contribution in [-0.2, 0) is 10.4 Å². The van der Waals surface area contributed by atoms with Gasteiger partial charge in [0.05, 0.1) is 6.61 Å². The fraction of sp³-hybridized carbons (Fsp3) is 0.250. The minimum atomic E-state index is -1.46. The smallest absolute Gasteiger partial charge is 0.216 e. The van der Waals surface area contributed by atoms with Crippen molar-refractivity contribution in [3.63, 3.8) is 0 Å². The Morgan fingerprint density at radius 3 is 2.17 bits per heavy atom. The maximum Gasteiger partial charge on any atom is 0.216 e. The summed E-state index contributed by atoms with van der Waals surface area (Å²) >= 11 is 17.0. The fourth-order valence-electron chi connectivity index (χ4n) is 0.935. The lowest BCUT2D eigenvalue weighted by atomic mass is 10.1. The van der Waals surface area contributed by atoms with Gasteiger partial charge in [-0.1, -0.05) is 59.1 Å². The summed E-state index contributed by atoms with van der Waals surface area (Å²) in [5, 5.41) is 8.91. The van der Waals surface area contributed by atoms with Crippen molar-refractivity contribution in [1.29, 1.82) is 0 Å². The molecular weight excluding hydrogens is 218 g/mol. The lowest BCUT2D eigenvalue weighted by Gasteiger charge is -2.14. The van der Waals surface area contributed by atoms with E-state index in [1.165, 1.54) is 0 Å². The van der Waals surface area contributed by atoms with Crippen molar-refractivity contribution in [1.82, 2.24) is 0 Å². The Bertz CT molecular complexity index is 267. The number of hydrogen-bond acceptors (Lipinski definition) is 1. The molecule has 1 N–H and O–H groups in total. The van der Waals surface area contributed by atoms with Crippen LogP contribution in [0, 0.1) is 0 Å². The van der Waals surface area contributed by atoms with Gasteiger partial charge in [0.25, 0.3) is 0 Å². The second-order valence-corrected chi connectivity index (χ2v) is 4.59. The Kier molecular flexibility index (Phi) is 3.24. The van der Waals surface area contributed by atoms with Crippen molar-refractivity contribution in [3.05, 3.63) is 35.4 Å². The largest absolute Gasteiger partial charge is 0.392 e. The van der Waals surface area contributed by atoms with Crippen molar-refractivity contribution >= 4 is 34.8 Å². The van der Waals surface area contributed by atoms with Crippen molar-refractivity contribution in [2.45, 2.75) is 10.4 Å². The number of aliphatic hydroxyl groups is 1. The number of aliphatic hydroxyl groups excluding tert-OH is 1. The van der Waals surface area contributed by atoms with E-state index in [0.717, 1.165) is 0 Å². The summed E-state index contributed by atoms with van der Waals surface area (Å²) in [6.07, 6.45) is 0. The standard InChI is InChI=1S/C8H7Cl3O/c9-8(10,11)7-4-2-1-3-6(7)5-12/h1-4,12H,5H2. The zero-order valence-electron chi connectivity index (χ0n) is 6.10. The lowest BCUT2D eigenvalue weighted by Crippen LogP contribution is -2.04. The van der Waals surface area contributed by atoms with E-state index >= 15 is 0 Å². The van der Waals surface area contributed by atoms with E-state index < -0.39 is 3.79 Å². The molecule has 0 aliphatic carbocycles. The number of rotatable bonds is 1. The molecule has 0 aromatic heterocycles. The minimum Gasteiger partial charge on any atom is -0.392 e. The van der Waals surface area contributed by atoms with E-state index in [1.54, 1.807) is 24.3 Å². The van der Waals surface area contributed by atoms with Crippen molar-refractivity contribution in [3.8, 4) is 0 Å². The highest BCUT2D eigenvalue weighted by Crippen LogP contribution is 2.39. The van der Waals surface area contributed by atoms with Crippen molar-refractivity contribution < 1.29 is 5.11 Å². The van der Waals surface area contributed by atoms with Gasteiger partial charge in [-0.3, -0.25) is 0 Å². The highest BCUT2D eigenvalue weighted by molar-refractivity contribution is 6.66. The van der Waals surface area contributed by atoms with Gasteiger partial charge in [-0.05, 0) is 5.56 Å². The molecule has 0 unspecified atom stereocenters. The number of halogens is 3. The van der Waals surface area contributed by atoms with Gasteiger partial charge in [-0.2, -0.15) is 0 Å². The van der Waals surface area contributed by atoms with Gasteiger partial charge in [0.1, 0.15) is 0 Å². The Hall–Kier alpha value is 0.0500. The summed E-state index contributed by atoms with van der Waals surface area (Å²) in [6, 6.07) is 6.94. The van der Waals surface area contributed by atoms with E-state index in [9.17, 15) is 0 Å². The molecule has 1 nitrogen and oxygen atoms in total. The first-order valence-electron chi connectivity index (χ1n) is 3.31. The van der Waals surface area contributed by atoms with E-state index in [-0.39, 0.29) is 6.61 Å². The monoisotopic (exact) mass is 224 g/mol. The van der Waals surface area contributed by atoms with Crippen LogP contribution in [0.2, 0.25) is 0 Å².